The molecule has 0 atom stereocenters. The van der Waals surface area contributed by atoms with Crippen molar-refractivity contribution in [1.82, 2.24) is 9.88 Å². The summed E-state index contributed by atoms with van der Waals surface area (Å²) in [4.78, 5) is 6.64. The molecule has 3 N–H and O–H groups in total. The smallest absolute Gasteiger partial charge is 0.140 e. The van der Waals surface area contributed by atoms with Gasteiger partial charge in [0, 0.05) is 12.6 Å². The lowest BCUT2D eigenvalue weighted by atomic mass is 10.1. The summed E-state index contributed by atoms with van der Waals surface area (Å²) in [5, 5.41) is 0.682. The van der Waals surface area contributed by atoms with E-state index in [1.807, 2.05) is 6.07 Å². The van der Waals surface area contributed by atoms with Crippen LogP contribution >= 0.6 is 11.6 Å². The SMILES string of the molecule is CCC(CC)N(C)Cc1nc(NN)ccc1Cl. The van der Waals surface area contributed by atoms with E-state index in [2.05, 4.69) is 36.2 Å². The van der Waals surface area contributed by atoms with E-state index in [0.29, 0.717) is 16.9 Å². The number of hydrogen-bond donors (Lipinski definition) is 2. The second kappa shape index (κ2) is 6.79. The molecule has 0 amide bonds. The van der Waals surface area contributed by atoms with Crippen LogP contribution in [0.5, 0.6) is 0 Å². The van der Waals surface area contributed by atoms with Crippen molar-refractivity contribution in [3.8, 4) is 0 Å². The highest BCUT2D eigenvalue weighted by molar-refractivity contribution is 6.31. The van der Waals surface area contributed by atoms with Crippen LogP contribution in [0.1, 0.15) is 32.4 Å². The monoisotopic (exact) mass is 256 g/mol. The zero-order valence-electron chi connectivity index (χ0n) is 10.7. The van der Waals surface area contributed by atoms with Crippen LogP contribution in [-0.4, -0.2) is 23.0 Å². The maximum atomic E-state index is 6.13. The molecular weight excluding hydrogens is 236 g/mol. The van der Waals surface area contributed by atoms with Crippen molar-refractivity contribution in [2.45, 2.75) is 39.3 Å². The summed E-state index contributed by atoms with van der Waals surface area (Å²) in [5.74, 6) is 5.98. The first-order valence-electron chi connectivity index (χ1n) is 5.94. The molecule has 0 radical (unpaired) electrons. The first kappa shape index (κ1) is 14.2. The standard InChI is InChI=1S/C12H21ClN4/c1-4-9(5-2)17(3)8-11-10(13)6-7-12(15-11)16-14/h6-7,9H,4-5,8,14H2,1-3H3,(H,15,16). The molecule has 1 aromatic rings. The Bertz CT molecular complexity index is 352. The van der Waals surface area contributed by atoms with Crippen molar-refractivity contribution >= 4 is 17.4 Å². The first-order chi connectivity index (χ1) is 8.12. The number of aromatic nitrogens is 1. The topological polar surface area (TPSA) is 54.2 Å². The van der Waals surface area contributed by atoms with Gasteiger partial charge in [0.15, 0.2) is 0 Å². The van der Waals surface area contributed by atoms with Crippen LogP contribution in [0.3, 0.4) is 0 Å². The summed E-state index contributed by atoms with van der Waals surface area (Å²) >= 11 is 6.13. The molecule has 1 heterocycles. The number of nitrogens with zero attached hydrogens (tertiary/aromatic N) is 2. The van der Waals surface area contributed by atoms with Crippen LogP contribution in [0.2, 0.25) is 5.02 Å². The predicted molar refractivity (Wildman–Crippen MR) is 72.9 cm³/mol. The molecule has 0 saturated carbocycles. The molecule has 0 aromatic carbocycles. The van der Waals surface area contributed by atoms with Crippen molar-refractivity contribution in [2.24, 2.45) is 5.84 Å². The molecule has 0 fully saturated rings. The number of halogens is 1. The Morgan fingerprint density at radius 2 is 2.06 bits per heavy atom. The molecule has 5 heteroatoms. The Morgan fingerprint density at radius 3 is 2.59 bits per heavy atom. The van der Waals surface area contributed by atoms with Crippen LogP contribution in [-0.2, 0) is 6.54 Å². The Morgan fingerprint density at radius 1 is 1.41 bits per heavy atom. The van der Waals surface area contributed by atoms with Crippen molar-refractivity contribution in [3.05, 3.63) is 22.8 Å². The summed E-state index contributed by atoms with van der Waals surface area (Å²) in [6.07, 6.45) is 2.25. The first-order valence-corrected chi connectivity index (χ1v) is 6.32. The Labute approximate surface area is 108 Å². The third-order valence-electron chi connectivity index (χ3n) is 3.03. The third kappa shape index (κ3) is 3.84. The molecule has 0 bridgehead atoms. The quantitative estimate of drug-likeness (QED) is 0.607. The van der Waals surface area contributed by atoms with E-state index in [9.17, 15) is 0 Å². The molecule has 0 unspecified atom stereocenters. The Kier molecular flexibility index (Phi) is 5.68. The molecule has 1 aromatic heterocycles. The zero-order valence-corrected chi connectivity index (χ0v) is 11.5. The maximum Gasteiger partial charge on any atom is 0.140 e. The van der Waals surface area contributed by atoms with Crippen molar-refractivity contribution in [1.29, 1.82) is 0 Å². The number of hydrogen-bond acceptors (Lipinski definition) is 4. The average Bonchev–Trinajstić information content (AvgIpc) is 2.33. The van der Waals surface area contributed by atoms with Gasteiger partial charge in [0.05, 0.1) is 10.7 Å². The number of nitrogens with one attached hydrogen (secondary N) is 1. The number of nitrogens with two attached hydrogens (primary N) is 1. The molecule has 0 aliphatic heterocycles. The largest absolute Gasteiger partial charge is 0.308 e. The molecule has 0 saturated heterocycles. The van der Waals surface area contributed by atoms with Gasteiger partial charge < -0.3 is 5.43 Å². The van der Waals surface area contributed by atoms with E-state index in [-0.39, 0.29) is 0 Å². The number of rotatable bonds is 6. The zero-order chi connectivity index (χ0) is 12.8. The predicted octanol–water partition coefficient (Wildman–Crippen LogP) is 2.64. The molecular formula is C12H21ClN4. The minimum Gasteiger partial charge on any atom is -0.308 e. The van der Waals surface area contributed by atoms with Gasteiger partial charge in [0.25, 0.3) is 0 Å². The van der Waals surface area contributed by atoms with E-state index in [0.717, 1.165) is 25.1 Å². The van der Waals surface area contributed by atoms with Gasteiger partial charge in [-0.1, -0.05) is 25.4 Å². The van der Waals surface area contributed by atoms with Gasteiger partial charge in [-0.05, 0) is 32.0 Å². The second-order valence-corrected chi connectivity index (χ2v) is 4.56. The highest BCUT2D eigenvalue weighted by atomic mass is 35.5. The Balaban J connectivity index is 2.79. The summed E-state index contributed by atoms with van der Waals surface area (Å²) in [5.41, 5.74) is 3.39. The Hall–Kier alpha value is -0.840. The summed E-state index contributed by atoms with van der Waals surface area (Å²) in [6, 6.07) is 4.14. The number of hydrazine groups is 1. The van der Waals surface area contributed by atoms with Crippen molar-refractivity contribution < 1.29 is 0 Å². The number of pyridine rings is 1. The lowest BCUT2D eigenvalue weighted by Gasteiger charge is -2.26. The van der Waals surface area contributed by atoms with Crippen LogP contribution in [0.15, 0.2) is 12.1 Å². The average molecular weight is 257 g/mol. The molecule has 0 aliphatic rings. The van der Waals surface area contributed by atoms with E-state index in [1.54, 1.807) is 6.07 Å². The maximum absolute atomic E-state index is 6.13. The summed E-state index contributed by atoms with van der Waals surface area (Å²) < 4.78 is 0. The second-order valence-electron chi connectivity index (χ2n) is 4.15. The van der Waals surface area contributed by atoms with Crippen molar-refractivity contribution in [2.75, 3.05) is 12.5 Å². The normalized spacial score (nSPS) is 11.2. The van der Waals surface area contributed by atoms with Crippen molar-refractivity contribution in [3.63, 3.8) is 0 Å². The van der Waals surface area contributed by atoms with Gasteiger partial charge >= 0.3 is 0 Å². The van der Waals surface area contributed by atoms with Gasteiger partial charge in [-0.15, -0.1) is 0 Å². The number of anilines is 1. The molecule has 17 heavy (non-hydrogen) atoms. The minimum absolute atomic E-state index is 0.558. The molecule has 1 rings (SSSR count). The fraction of sp³-hybridized carbons (Fsp3) is 0.583. The fourth-order valence-electron chi connectivity index (χ4n) is 1.95. The fourth-order valence-corrected chi connectivity index (χ4v) is 2.12. The molecule has 4 nitrogen and oxygen atoms in total. The van der Waals surface area contributed by atoms with E-state index < -0.39 is 0 Å². The highest BCUT2D eigenvalue weighted by Crippen LogP contribution is 2.19. The lowest BCUT2D eigenvalue weighted by molar-refractivity contribution is 0.219. The summed E-state index contributed by atoms with van der Waals surface area (Å²) in [6.45, 7) is 5.12. The van der Waals surface area contributed by atoms with Gasteiger partial charge in [-0.2, -0.15) is 0 Å². The van der Waals surface area contributed by atoms with Crippen LogP contribution in [0.25, 0.3) is 0 Å². The van der Waals surface area contributed by atoms with Crippen LogP contribution in [0, 0.1) is 0 Å². The molecule has 96 valence electrons. The van der Waals surface area contributed by atoms with Gasteiger partial charge in [-0.3, -0.25) is 4.90 Å². The third-order valence-corrected chi connectivity index (χ3v) is 3.38. The minimum atomic E-state index is 0.558. The summed E-state index contributed by atoms with van der Waals surface area (Å²) in [7, 11) is 2.10. The van der Waals surface area contributed by atoms with E-state index in [4.69, 9.17) is 17.4 Å². The van der Waals surface area contributed by atoms with Gasteiger partial charge in [-0.25, -0.2) is 10.8 Å². The lowest BCUT2D eigenvalue weighted by Crippen LogP contribution is -2.30. The highest BCUT2D eigenvalue weighted by Gasteiger charge is 2.13. The van der Waals surface area contributed by atoms with Gasteiger partial charge in [0.2, 0.25) is 0 Å². The molecule has 0 aliphatic carbocycles. The van der Waals surface area contributed by atoms with Crippen LogP contribution in [0.4, 0.5) is 5.82 Å². The van der Waals surface area contributed by atoms with E-state index >= 15 is 0 Å². The van der Waals surface area contributed by atoms with Gasteiger partial charge in [0.1, 0.15) is 5.82 Å². The molecule has 0 spiro atoms. The van der Waals surface area contributed by atoms with Crippen LogP contribution < -0.4 is 11.3 Å². The number of nitrogen functional groups attached to an aromatic ring is 1. The van der Waals surface area contributed by atoms with E-state index in [1.165, 1.54) is 0 Å².